The second-order valence-electron chi connectivity index (χ2n) is 8.22. The fourth-order valence-corrected chi connectivity index (χ4v) is 4.99. The Morgan fingerprint density at radius 2 is 2.00 bits per heavy atom. The van der Waals surface area contributed by atoms with E-state index in [1.54, 1.807) is 12.1 Å². The summed E-state index contributed by atoms with van der Waals surface area (Å²) < 4.78 is 7.54. The molecule has 0 radical (unpaired) electrons. The first-order chi connectivity index (χ1) is 17.0. The van der Waals surface area contributed by atoms with Crippen LogP contribution < -0.4 is 10.2 Å². The monoisotopic (exact) mass is 513 g/mol. The molecule has 2 aromatic carbocycles. The number of amides is 1. The number of hydrogen-bond donors (Lipinski definition) is 2. The van der Waals surface area contributed by atoms with Crippen molar-refractivity contribution in [2.24, 2.45) is 5.10 Å². The predicted octanol–water partition coefficient (Wildman–Crippen LogP) is 5.45. The summed E-state index contributed by atoms with van der Waals surface area (Å²) in [5, 5.41) is 24.1. The van der Waals surface area contributed by atoms with Gasteiger partial charge in [-0.3, -0.25) is 9.36 Å². The van der Waals surface area contributed by atoms with Gasteiger partial charge in [-0.25, -0.2) is 5.43 Å². The van der Waals surface area contributed by atoms with Gasteiger partial charge in [0.15, 0.2) is 22.5 Å². The minimum absolute atomic E-state index is 0.0597. The third-order valence-corrected chi connectivity index (χ3v) is 6.92. The van der Waals surface area contributed by atoms with Gasteiger partial charge >= 0.3 is 0 Å². The SMILES string of the molecule is CCOc1cc(/C=N\NC(=O)CSc2nnc(-c3ccc(Cl)cc3)n2C2CCCCC2)ccc1O. The zero-order valence-corrected chi connectivity index (χ0v) is 21.1. The molecule has 8 nitrogen and oxygen atoms in total. The van der Waals surface area contributed by atoms with E-state index < -0.39 is 0 Å². The third-order valence-electron chi connectivity index (χ3n) is 5.73. The van der Waals surface area contributed by atoms with Gasteiger partial charge in [-0.2, -0.15) is 5.10 Å². The lowest BCUT2D eigenvalue weighted by molar-refractivity contribution is -0.118. The van der Waals surface area contributed by atoms with Crippen molar-refractivity contribution in [3.05, 3.63) is 53.1 Å². The van der Waals surface area contributed by atoms with Crippen molar-refractivity contribution in [3.8, 4) is 22.9 Å². The first-order valence-corrected chi connectivity index (χ1v) is 13.0. The molecule has 1 fully saturated rings. The maximum Gasteiger partial charge on any atom is 0.250 e. The van der Waals surface area contributed by atoms with Crippen LogP contribution in [0.2, 0.25) is 5.02 Å². The minimum Gasteiger partial charge on any atom is -0.504 e. The van der Waals surface area contributed by atoms with E-state index in [0.29, 0.717) is 29.0 Å². The van der Waals surface area contributed by atoms with Crippen molar-refractivity contribution >= 4 is 35.5 Å². The summed E-state index contributed by atoms with van der Waals surface area (Å²) in [6, 6.07) is 12.8. The number of carbonyl (C=O) groups excluding carboxylic acids is 1. The Labute approximate surface area is 213 Å². The average Bonchev–Trinajstić information content (AvgIpc) is 3.30. The second-order valence-corrected chi connectivity index (χ2v) is 9.60. The van der Waals surface area contributed by atoms with E-state index >= 15 is 0 Å². The molecular weight excluding hydrogens is 486 g/mol. The number of aromatic nitrogens is 3. The molecule has 184 valence electrons. The van der Waals surface area contributed by atoms with Crippen molar-refractivity contribution in [2.75, 3.05) is 12.4 Å². The van der Waals surface area contributed by atoms with Crippen LogP contribution in [-0.4, -0.2) is 44.4 Å². The first kappa shape index (κ1) is 25.1. The Bertz CT molecular complexity index is 1180. The Balaban J connectivity index is 1.42. The van der Waals surface area contributed by atoms with Crippen LogP contribution in [0.5, 0.6) is 11.5 Å². The molecule has 4 rings (SSSR count). The number of hydrazone groups is 1. The summed E-state index contributed by atoms with van der Waals surface area (Å²) in [6.07, 6.45) is 7.23. The number of ether oxygens (including phenoxy) is 1. The van der Waals surface area contributed by atoms with Crippen LogP contribution in [0.4, 0.5) is 0 Å². The Kier molecular flexibility index (Phi) is 8.65. The highest BCUT2D eigenvalue weighted by molar-refractivity contribution is 7.99. The van der Waals surface area contributed by atoms with E-state index in [1.165, 1.54) is 43.3 Å². The van der Waals surface area contributed by atoms with Gasteiger partial charge in [0, 0.05) is 16.6 Å². The molecule has 1 aromatic heterocycles. The summed E-state index contributed by atoms with van der Waals surface area (Å²) in [4.78, 5) is 12.4. The van der Waals surface area contributed by atoms with Crippen LogP contribution in [0.3, 0.4) is 0 Å². The number of carbonyl (C=O) groups is 1. The average molecular weight is 514 g/mol. The maximum atomic E-state index is 12.4. The highest BCUT2D eigenvalue weighted by atomic mass is 35.5. The van der Waals surface area contributed by atoms with Gasteiger partial charge in [0.05, 0.1) is 18.6 Å². The maximum absolute atomic E-state index is 12.4. The van der Waals surface area contributed by atoms with E-state index in [0.717, 1.165) is 29.4 Å². The molecular formula is C25H28ClN5O3S. The molecule has 1 heterocycles. The number of halogens is 1. The number of rotatable bonds is 9. The summed E-state index contributed by atoms with van der Waals surface area (Å²) >= 11 is 7.42. The minimum atomic E-state index is -0.249. The Morgan fingerprint density at radius 3 is 2.74 bits per heavy atom. The summed E-state index contributed by atoms with van der Waals surface area (Å²) in [5.74, 6) is 1.14. The molecule has 0 atom stereocenters. The molecule has 0 aliphatic heterocycles. The van der Waals surface area contributed by atoms with E-state index in [9.17, 15) is 9.90 Å². The van der Waals surface area contributed by atoms with Crippen molar-refractivity contribution in [1.82, 2.24) is 20.2 Å². The van der Waals surface area contributed by atoms with E-state index in [-0.39, 0.29) is 17.4 Å². The molecule has 3 aromatic rings. The number of benzene rings is 2. The van der Waals surface area contributed by atoms with Gasteiger partial charge in [-0.15, -0.1) is 10.2 Å². The predicted molar refractivity (Wildman–Crippen MR) is 138 cm³/mol. The van der Waals surface area contributed by atoms with Gasteiger partial charge in [0.1, 0.15) is 0 Å². The smallest absolute Gasteiger partial charge is 0.250 e. The molecule has 35 heavy (non-hydrogen) atoms. The Morgan fingerprint density at radius 1 is 1.23 bits per heavy atom. The fourth-order valence-electron chi connectivity index (χ4n) is 4.06. The zero-order chi connectivity index (χ0) is 24.6. The van der Waals surface area contributed by atoms with Crippen molar-refractivity contribution < 1.29 is 14.6 Å². The quantitative estimate of drug-likeness (QED) is 0.224. The molecule has 1 saturated carbocycles. The lowest BCUT2D eigenvalue weighted by Crippen LogP contribution is -2.20. The van der Waals surface area contributed by atoms with Gasteiger partial charge < -0.3 is 9.84 Å². The number of aromatic hydroxyl groups is 1. The number of phenolic OH excluding ortho intramolecular Hbond substituents is 1. The number of nitrogens with zero attached hydrogens (tertiary/aromatic N) is 4. The largest absolute Gasteiger partial charge is 0.504 e. The topological polar surface area (TPSA) is 102 Å². The molecule has 0 unspecified atom stereocenters. The highest BCUT2D eigenvalue weighted by Gasteiger charge is 2.24. The number of hydrogen-bond acceptors (Lipinski definition) is 7. The van der Waals surface area contributed by atoms with E-state index in [2.05, 4.69) is 25.3 Å². The van der Waals surface area contributed by atoms with Crippen molar-refractivity contribution in [3.63, 3.8) is 0 Å². The zero-order valence-electron chi connectivity index (χ0n) is 19.5. The van der Waals surface area contributed by atoms with Gasteiger partial charge in [-0.05, 0) is 67.8 Å². The summed E-state index contributed by atoms with van der Waals surface area (Å²) in [5.41, 5.74) is 4.20. The molecule has 0 saturated heterocycles. The third kappa shape index (κ3) is 6.55. The molecule has 0 bridgehead atoms. The highest BCUT2D eigenvalue weighted by Crippen LogP contribution is 2.35. The number of phenols is 1. The molecule has 1 amide bonds. The standard InChI is InChI=1S/C25H28ClN5O3S/c1-2-34-22-14-17(8-13-21(22)32)15-27-28-23(33)16-35-25-30-29-24(18-9-11-19(26)12-10-18)31(25)20-6-4-3-5-7-20/h8-15,20,32H,2-7,16H2,1H3,(H,28,33)/b27-15-. The van der Waals surface area contributed by atoms with Crippen LogP contribution in [0, 0.1) is 0 Å². The van der Waals surface area contributed by atoms with E-state index in [4.69, 9.17) is 16.3 Å². The van der Waals surface area contributed by atoms with Crippen LogP contribution in [0.1, 0.15) is 50.6 Å². The van der Waals surface area contributed by atoms with Gasteiger partial charge in [0.25, 0.3) is 5.91 Å². The lowest BCUT2D eigenvalue weighted by atomic mass is 9.95. The molecule has 0 spiro atoms. The first-order valence-electron chi connectivity index (χ1n) is 11.7. The normalized spacial score (nSPS) is 14.3. The molecule has 1 aliphatic carbocycles. The Hall–Kier alpha value is -3.04. The number of nitrogens with one attached hydrogen (secondary N) is 1. The fraction of sp³-hybridized carbons (Fsp3) is 0.360. The summed E-state index contributed by atoms with van der Waals surface area (Å²) in [6.45, 7) is 2.28. The molecule has 1 aliphatic rings. The van der Waals surface area contributed by atoms with Crippen LogP contribution in [0.25, 0.3) is 11.4 Å². The summed E-state index contributed by atoms with van der Waals surface area (Å²) in [7, 11) is 0. The second kappa shape index (κ2) is 12.1. The van der Waals surface area contributed by atoms with E-state index in [1.807, 2.05) is 31.2 Å². The molecule has 10 heteroatoms. The van der Waals surface area contributed by atoms with Gasteiger partial charge in [0.2, 0.25) is 0 Å². The van der Waals surface area contributed by atoms with Crippen LogP contribution in [-0.2, 0) is 4.79 Å². The lowest BCUT2D eigenvalue weighted by Gasteiger charge is -2.25. The molecule has 2 N–H and O–H groups in total. The van der Waals surface area contributed by atoms with Crippen LogP contribution >= 0.6 is 23.4 Å². The number of thioether (sulfide) groups is 1. The van der Waals surface area contributed by atoms with Crippen molar-refractivity contribution in [2.45, 2.75) is 50.2 Å². The van der Waals surface area contributed by atoms with Gasteiger partial charge in [-0.1, -0.05) is 42.6 Å². The van der Waals surface area contributed by atoms with Crippen LogP contribution in [0.15, 0.2) is 52.7 Å². The van der Waals surface area contributed by atoms with Crippen molar-refractivity contribution in [1.29, 1.82) is 0 Å².